The van der Waals surface area contributed by atoms with Crippen molar-refractivity contribution in [2.45, 2.75) is 159 Å². The van der Waals surface area contributed by atoms with Crippen molar-refractivity contribution in [2.75, 3.05) is 0 Å². The van der Waals surface area contributed by atoms with Crippen LogP contribution in [0.5, 0.6) is 0 Å². The van der Waals surface area contributed by atoms with Gasteiger partial charge in [0.1, 0.15) is 42.7 Å². The van der Waals surface area contributed by atoms with Crippen molar-refractivity contribution in [3.8, 4) is 0 Å². The van der Waals surface area contributed by atoms with Gasteiger partial charge in [-0.05, 0) is 92.8 Å². The van der Waals surface area contributed by atoms with Gasteiger partial charge >= 0.3 is 23.9 Å². The van der Waals surface area contributed by atoms with Crippen LogP contribution in [0.1, 0.15) is 85.5 Å². The Kier molecular flexibility index (Phi) is 11.0. The molecule has 0 radical (unpaired) electrons. The molecule has 5 aliphatic carbocycles. The zero-order valence-electron chi connectivity index (χ0n) is 33.5. The van der Waals surface area contributed by atoms with Gasteiger partial charge in [0.05, 0.1) is 16.9 Å². The number of allylic oxidation sites excluding steroid dienone is 3. The van der Waals surface area contributed by atoms with Gasteiger partial charge in [-0.3, -0.25) is 9.59 Å². The van der Waals surface area contributed by atoms with Gasteiger partial charge < -0.3 is 70.0 Å². The molecule has 20 atom stereocenters. The first-order valence-corrected chi connectivity index (χ1v) is 20.4. The lowest BCUT2D eigenvalue weighted by Crippen LogP contribution is -2.70. The molecule has 2 heterocycles. The number of aliphatic hydroxyl groups is 6. The summed E-state index contributed by atoms with van der Waals surface area (Å²) in [6, 6.07) is 0. The van der Waals surface area contributed by atoms with E-state index in [-0.39, 0.29) is 18.3 Å². The molecule has 7 aliphatic rings. The predicted octanol–water partition coefficient (Wildman–Crippen LogP) is 0.632. The van der Waals surface area contributed by atoms with E-state index >= 15 is 0 Å². The summed E-state index contributed by atoms with van der Waals surface area (Å²) >= 11 is 0. The normalized spacial score (nSPS) is 52.1. The molecule has 6 fully saturated rings. The fraction of sp³-hybridized carbons (Fsp3) is 0.805. The van der Waals surface area contributed by atoms with Crippen LogP contribution >= 0.6 is 0 Å². The Labute approximate surface area is 340 Å². The molecule has 7 rings (SSSR count). The maximum absolute atomic E-state index is 13.6. The maximum Gasteiger partial charge on any atom is 0.335 e. The molecular formula is C41H58O18. The summed E-state index contributed by atoms with van der Waals surface area (Å²) < 4.78 is 22.3. The van der Waals surface area contributed by atoms with Gasteiger partial charge in [-0.25, -0.2) is 9.59 Å². The van der Waals surface area contributed by atoms with E-state index in [0.717, 1.165) is 11.1 Å². The quantitative estimate of drug-likeness (QED) is 0.118. The number of carboxylic acid groups (broad SMARTS) is 4. The van der Waals surface area contributed by atoms with E-state index in [1.165, 1.54) is 6.92 Å². The number of carbonyl (C=O) groups is 4. The molecule has 0 amide bonds. The minimum absolute atomic E-state index is 0.0383. The van der Waals surface area contributed by atoms with E-state index in [1.54, 1.807) is 0 Å². The third-order valence-electron chi connectivity index (χ3n) is 16.7. The highest BCUT2D eigenvalue weighted by atomic mass is 16.7. The van der Waals surface area contributed by atoms with Gasteiger partial charge in [-0.15, -0.1) is 0 Å². The van der Waals surface area contributed by atoms with Crippen molar-refractivity contribution in [1.82, 2.24) is 0 Å². The summed E-state index contributed by atoms with van der Waals surface area (Å²) in [6.07, 6.45) is -18.0. The lowest BCUT2D eigenvalue weighted by molar-refractivity contribution is -0.366. The summed E-state index contributed by atoms with van der Waals surface area (Å²) in [4.78, 5) is 50.6. The molecule has 0 aromatic heterocycles. The van der Waals surface area contributed by atoms with Crippen molar-refractivity contribution in [3.63, 3.8) is 0 Å². The Balaban J connectivity index is 1.19. The molecule has 4 saturated carbocycles. The number of fused-ring (bicyclic) bond motifs is 7. The first kappa shape index (κ1) is 44.0. The number of rotatable bonds is 8. The Morgan fingerprint density at radius 3 is 1.93 bits per heavy atom. The fourth-order valence-corrected chi connectivity index (χ4v) is 13.3. The van der Waals surface area contributed by atoms with E-state index in [2.05, 4.69) is 26.5 Å². The molecule has 0 bridgehead atoms. The largest absolute Gasteiger partial charge is 0.481 e. The highest BCUT2D eigenvalue weighted by Gasteiger charge is 2.72. The van der Waals surface area contributed by atoms with Gasteiger partial charge in [0.15, 0.2) is 24.8 Å². The number of hydrogen-bond acceptors (Lipinski definition) is 14. The van der Waals surface area contributed by atoms with Gasteiger partial charge in [-0.2, -0.15) is 0 Å². The topological polar surface area (TPSA) is 307 Å². The summed E-state index contributed by atoms with van der Waals surface area (Å²) in [5, 5.41) is 107. The molecule has 0 aromatic carbocycles. The smallest absolute Gasteiger partial charge is 0.335 e. The molecule has 2 saturated heterocycles. The molecular weight excluding hydrogens is 780 g/mol. The average Bonchev–Trinajstić information content (AvgIpc) is 3.15. The standard InChI is InChI=1S/C41H58O18/c1-16-8-11-41(36(54)55)13-12-38(3)17(18(41)14-16)6-7-20-37(2)15-19(42)30(40(5,35(52)53)21(37)9-10-39(20,38)4)59-34-26(47)27(25(46)29(58-34)32(50)51)56-33-24(45)22(43)23(44)28(57-33)31(48)49/h6,18-30,33-34,42-47H,1,7-15H2,2-5H3,(H,48,49)(H,50,51)(H,52,53)(H,54,55). The summed E-state index contributed by atoms with van der Waals surface area (Å²) in [5.41, 5.74) is -2.29. The van der Waals surface area contributed by atoms with Gasteiger partial charge in [0.25, 0.3) is 0 Å². The molecule has 18 heteroatoms. The van der Waals surface area contributed by atoms with Gasteiger partial charge in [-0.1, -0.05) is 44.6 Å². The minimum Gasteiger partial charge on any atom is -0.481 e. The van der Waals surface area contributed by atoms with Crippen molar-refractivity contribution in [2.24, 2.45) is 44.8 Å². The average molecular weight is 839 g/mol. The van der Waals surface area contributed by atoms with Crippen LogP contribution in [0.3, 0.4) is 0 Å². The van der Waals surface area contributed by atoms with Crippen molar-refractivity contribution < 1.29 is 89.2 Å². The number of carboxylic acids is 4. The Hall–Kier alpha value is -3.04. The number of aliphatic carboxylic acids is 4. The lowest BCUT2D eigenvalue weighted by Gasteiger charge is -2.71. The molecule has 10 N–H and O–H groups in total. The minimum atomic E-state index is -2.22. The van der Waals surface area contributed by atoms with Crippen LogP contribution in [0.2, 0.25) is 0 Å². The highest BCUT2D eigenvalue weighted by Crippen LogP contribution is 2.75. The third-order valence-corrected chi connectivity index (χ3v) is 16.7. The van der Waals surface area contributed by atoms with Crippen LogP contribution in [0, 0.1) is 44.8 Å². The van der Waals surface area contributed by atoms with Crippen LogP contribution in [0.25, 0.3) is 0 Å². The number of hydrogen-bond donors (Lipinski definition) is 10. The zero-order chi connectivity index (χ0) is 43.5. The van der Waals surface area contributed by atoms with E-state index in [9.17, 15) is 70.2 Å². The lowest BCUT2D eigenvalue weighted by atomic mass is 9.33. The Bertz CT molecular complexity index is 1780. The second-order valence-corrected chi connectivity index (χ2v) is 19.3. The zero-order valence-corrected chi connectivity index (χ0v) is 33.5. The molecule has 20 unspecified atom stereocenters. The van der Waals surface area contributed by atoms with Crippen LogP contribution in [-0.2, 0) is 38.1 Å². The molecule has 59 heavy (non-hydrogen) atoms. The van der Waals surface area contributed by atoms with E-state index < -0.39 is 130 Å². The Morgan fingerprint density at radius 1 is 0.729 bits per heavy atom. The van der Waals surface area contributed by atoms with Crippen molar-refractivity contribution >= 4 is 23.9 Å². The first-order valence-electron chi connectivity index (χ1n) is 20.4. The van der Waals surface area contributed by atoms with Gasteiger partial charge in [0, 0.05) is 5.92 Å². The molecule has 0 aromatic rings. The first-order chi connectivity index (χ1) is 27.4. The molecule has 330 valence electrons. The molecule has 2 aliphatic heterocycles. The van der Waals surface area contributed by atoms with Gasteiger partial charge in [0.2, 0.25) is 0 Å². The van der Waals surface area contributed by atoms with Crippen LogP contribution < -0.4 is 0 Å². The van der Waals surface area contributed by atoms with E-state index in [1.807, 2.05) is 6.92 Å². The fourth-order valence-electron chi connectivity index (χ4n) is 13.3. The number of ether oxygens (including phenoxy) is 4. The molecule has 0 spiro atoms. The summed E-state index contributed by atoms with van der Waals surface area (Å²) in [5.74, 6) is -6.66. The van der Waals surface area contributed by atoms with E-state index in [4.69, 9.17) is 18.9 Å². The highest BCUT2D eigenvalue weighted by molar-refractivity contribution is 5.77. The monoisotopic (exact) mass is 838 g/mol. The SMILES string of the molecule is C=C1CCC2(C(=O)O)CCC3(C)C(=CCC4C5(C)CC(O)C(OC6OC(C(=O)O)C(O)C(OC7OC(C(=O)O)C(O)C(O)C7O)C6O)C(C)(C(=O)O)C5CCC43C)C2C1. The van der Waals surface area contributed by atoms with Crippen LogP contribution in [-0.4, -0.2) is 149 Å². The molecule has 18 nitrogen and oxygen atoms in total. The van der Waals surface area contributed by atoms with Crippen molar-refractivity contribution in [3.05, 3.63) is 23.8 Å². The van der Waals surface area contributed by atoms with Crippen LogP contribution in [0.15, 0.2) is 23.8 Å². The van der Waals surface area contributed by atoms with Crippen LogP contribution in [0.4, 0.5) is 0 Å². The second-order valence-electron chi connectivity index (χ2n) is 19.3. The summed E-state index contributed by atoms with van der Waals surface area (Å²) in [7, 11) is 0. The third kappa shape index (κ3) is 6.26. The second kappa shape index (κ2) is 14.8. The predicted molar refractivity (Wildman–Crippen MR) is 198 cm³/mol. The maximum atomic E-state index is 13.6. The number of aliphatic hydroxyl groups excluding tert-OH is 6. The van der Waals surface area contributed by atoms with Crippen molar-refractivity contribution in [1.29, 1.82) is 0 Å². The van der Waals surface area contributed by atoms with E-state index in [0.29, 0.717) is 51.4 Å². The summed E-state index contributed by atoms with van der Waals surface area (Å²) in [6.45, 7) is 12.1. The Morgan fingerprint density at radius 2 is 1.34 bits per heavy atom.